The van der Waals surface area contributed by atoms with Crippen molar-refractivity contribution >= 4 is 0 Å². The molecule has 0 saturated carbocycles. The zero-order chi connectivity index (χ0) is 12.1. The topological polar surface area (TPSA) is 25.8 Å². The van der Waals surface area contributed by atoms with E-state index in [2.05, 4.69) is 35.9 Å². The second-order valence-electron chi connectivity index (χ2n) is 4.17. The molecular formula is C15H18N2. The zero-order valence-electron chi connectivity index (χ0n) is 10.5. The molecule has 2 nitrogen and oxygen atoms in total. The van der Waals surface area contributed by atoms with E-state index in [4.69, 9.17) is 0 Å². The molecule has 0 fully saturated rings. The Kier molecular flexibility index (Phi) is 3.86. The van der Waals surface area contributed by atoms with Gasteiger partial charge in [0.25, 0.3) is 0 Å². The van der Waals surface area contributed by atoms with Crippen LogP contribution in [0.2, 0.25) is 0 Å². The third-order valence-corrected chi connectivity index (χ3v) is 3.01. The maximum atomic E-state index is 4.25. The highest BCUT2D eigenvalue weighted by Crippen LogP contribution is 2.26. The fraction of sp³-hybridized carbons (Fsp3) is 0.333. The third kappa shape index (κ3) is 2.52. The van der Waals surface area contributed by atoms with Gasteiger partial charge in [0, 0.05) is 35.9 Å². The summed E-state index contributed by atoms with van der Waals surface area (Å²) in [5.41, 5.74) is 5.17. The van der Waals surface area contributed by atoms with Crippen LogP contribution in [0.3, 0.4) is 0 Å². The predicted octanol–water partition coefficient (Wildman–Crippen LogP) is 3.66. The van der Waals surface area contributed by atoms with Crippen LogP contribution in [-0.2, 0) is 12.8 Å². The first-order chi connectivity index (χ1) is 8.36. The minimum atomic E-state index is 1.03. The van der Waals surface area contributed by atoms with Gasteiger partial charge in [-0.05, 0) is 36.1 Å². The first-order valence-electron chi connectivity index (χ1n) is 6.23. The molecule has 2 rings (SSSR count). The summed E-state index contributed by atoms with van der Waals surface area (Å²) < 4.78 is 0. The molecule has 0 aromatic carbocycles. The molecule has 0 aliphatic rings. The fourth-order valence-electron chi connectivity index (χ4n) is 2.13. The van der Waals surface area contributed by atoms with Crippen molar-refractivity contribution in [2.45, 2.75) is 33.1 Å². The van der Waals surface area contributed by atoms with Crippen molar-refractivity contribution in [1.82, 2.24) is 9.97 Å². The van der Waals surface area contributed by atoms with Crippen LogP contribution in [-0.4, -0.2) is 9.97 Å². The summed E-state index contributed by atoms with van der Waals surface area (Å²) in [6.07, 6.45) is 10.9. The summed E-state index contributed by atoms with van der Waals surface area (Å²) in [5.74, 6) is 0. The Morgan fingerprint density at radius 3 is 2.06 bits per heavy atom. The molecule has 2 heterocycles. The van der Waals surface area contributed by atoms with Crippen LogP contribution in [0.1, 0.15) is 31.4 Å². The van der Waals surface area contributed by atoms with E-state index in [1.165, 1.54) is 22.3 Å². The average molecular weight is 226 g/mol. The minimum Gasteiger partial charge on any atom is -0.264 e. The van der Waals surface area contributed by atoms with E-state index in [9.17, 15) is 0 Å². The van der Waals surface area contributed by atoms with E-state index >= 15 is 0 Å². The van der Waals surface area contributed by atoms with E-state index in [0.29, 0.717) is 0 Å². The van der Waals surface area contributed by atoms with Crippen molar-refractivity contribution in [3.63, 3.8) is 0 Å². The van der Waals surface area contributed by atoms with Crippen molar-refractivity contribution in [3.8, 4) is 11.1 Å². The highest BCUT2D eigenvalue weighted by Gasteiger charge is 2.08. The lowest BCUT2D eigenvalue weighted by Crippen LogP contribution is -1.95. The van der Waals surface area contributed by atoms with Crippen LogP contribution in [0.4, 0.5) is 0 Å². The van der Waals surface area contributed by atoms with Crippen LogP contribution in [0, 0.1) is 0 Å². The molecule has 0 saturated heterocycles. The highest BCUT2D eigenvalue weighted by molar-refractivity contribution is 5.69. The second-order valence-corrected chi connectivity index (χ2v) is 4.17. The normalized spacial score (nSPS) is 10.5. The van der Waals surface area contributed by atoms with Gasteiger partial charge < -0.3 is 0 Å². The van der Waals surface area contributed by atoms with Crippen LogP contribution in [0.5, 0.6) is 0 Å². The smallest absolute Gasteiger partial charge is 0.0349 e. The number of rotatable bonds is 4. The lowest BCUT2D eigenvalue weighted by atomic mass is 9.96. The number of nitrogens with zero attached hydrogens (tertiary/aromatic N) is 2. The van der Waals surface area contributed by atoms with Gasteiger partial charge in [0.05, 0.1) is 0 Å². The number of hydrogen-bond donors (Lipinski definition) is 0. The SMILES string of the molecule is CCCc1ccncc1-c1cnccc1CC. The first-order valence-corrected chi connectivity index (χ1v) is 6.23. The molecule has 0 bridgehead atoms. The van der Waals surface area contributed by atoms with Gasteiger partial charge in [-0.15, -0.1) is 0 Å². The Labute approximate surface area is 103 Å². The maximum absolute atomic E-state index is 4.25. The number of pyridine rings is 2. The molecule has 0 spiro atoms. The molecule has 0 amide bonds. The fourth-order valence-corrected chi connectivity index (χ4v) is 2.13. The summed E-state index contributed by atoms with van der Waals surface area (Å²) in [4.78, 5) is 8.49. The van der Waals surface area contributed by atoms with Gasteiger partial charge >= 0.3 is 0 Å². The number of aromatic nitrogens is 2. The molecule has 2 aromatic heterocycles. The van der Waals surface area contributed by atoms with Gasteiger partial charge in [0.2, 0.25) is 0 Å². The Hall–Kier alpha value is -1.70. The third-order valence-electron chi connectivity index (χ3n) is 3.01. The van der Waals surface area contributed by atoms with Crippen LogP contribution in [0.15, 0.2) is 36.9 Å². The van der Waals surface area contributed by atoms with Crippen molar-refractivity contribution < 1.29 is 0 Å². The van der Waals surface area contributed by atoms with Gasteiger partial charge in [0.1, 0.15) is 0 Å². The van der Waals surface area contributed by atoms with E-state index in [1.54, 1.807) is 0 Å². The van der Waals surface area contributed by atoms with Gasteiger partial charge in [0.15, 0.2) is 0 Å². The van der Waals surface area contributed by atoms with Gasteiger partial charge in [-0.3, -0.25) is 9.97 Å². The number of hydrogen-bond acceptors (Lipinski definition) is 2. The second kappa shape index (κ2) is 5.58. The lowest BCUT2D eigenvalue weighted by Gasteiger charge is -2.11. The van der Waals surface area contributed by atoms with Crippen molar-refractivity contribution in [1.29, 1.82) is 0 Å². The Morgan fingerprint density at radius 2 is 1.47 bits per heavy atom. The Balaban J connectivity index is 2.52. The molecule has 88 valence electrons. The zero-order valence-corrected chi connectivity index (χ0v) is 10.5. The van der Waals surface area contributed by atoms with E-state index in [0.717, 1.165) is 19.3 Å². The molecule has 0 radical (unpaired) electrons. The summed E-state index contributed by atoms with van der Waals surface area (Å²) >= 11 is 0. The molecule has 2 aromatic rings. The van der Waals surface area contributed by atoms with E-state index in [-0.39, 0.29) is 0 Å². The van der Waals surface area contributed by atoms with Gasteiger partial charge in [-0.25, -0.2) is 0 Å². The molecule has 0 aliphatic heterocycles. The van der Waals surface area contributed by atoms with Crippen molar-refractivity contribution in [2.75, 3.05) is 0 Å². The van der Waals surface area contributed by atoms with Crippen molar-refractivity contribution in [3.05, 3.63) is 48.0 Å². The quantitative estimate of drug-likeness (QED) is 0.795. The Bertz CT molecular complexity index is 492. The number of aryl methyl sites for hydroxylation is 2. The van der Waals surface area contributed by atoms with Gasteiger partial charge in [-0.1, -0.05) is 20.3 Å². The first kappa shape index (κ1) is 11.8. The van der Waals surface area contributed by atoms with E-state index < -0.39 is 0 Å². The van der Waals surface area contributed by atoms with Gasteiger partial charge in [-0.2, -0.15) is 0 Å². The predicted molar refractivity (Wildman–Crippen MR) is 70.8 cm³/mol. The standard InChI is InChI=1S/C15H18N2/c1-3-5-13-7-9-17-11-15(13)14-10-16-8-6-12(14)4-2/h6-11H,3-5H2,1-2H3. The molecule has 0 aliphatic carbocycles. The average Bonchev–Trinajstić information content (AvgIpc) is 2.40. The molecular weight excluding hydrogens is 208 g/mol. The summed E-state index contributed by atoms with van der Waals surface area (Å²) in [5, 5.41) is 0. The lowest BCUT2D eigenvalue weighted by molar-refractivity contribution is 0.919. The highest BCUT2D eigenvalue weighted by atomic mass is 14.6. The summed E-state index contributed by atoms with van der Waals surface area (Å²) in [6.45, 7) is 4.38. The monoisotopic (exact) mass is 226 g/mol. The maximum Gasteiger partial charge on any atom is 0.0349 e. The van der Waals surface area contributed by atoms with Crippen molar-refractivity contribution in [2.24, 2.45) is 0 Å². The molecule has 0 unspecified atom stereocenters. The van der Waals surface area contributed by atoms with Crippen LogP contribution < -0.4 is 0 Å². The van der Waals surface area contributed by atoms with Crippen LogP contribution in [0.25, 0.3) is 11.1 Å². The molecule has 0 atom stereocenters. The summed E-state index contributed by atoms with van der Waals surface area (Å²) in [6, 6.07) is 4.21. The van der Waals surface area contributed by atoms with Crippen LogP contribution >= 0.6 is 0 Å². The molecule has 17 heavy (non-hydrogen) atoms. The largest absolute Gasteiger partial charge is 0.264 e. The molecule has 0 N–H and O–H groups in total. The minimum absolute atomic E-state index is 1.03. The Morgan fingerprint density at radius 1 is 0.882 bits per heavy atom. The van der Waals surface area contributed by atoms with E-state index in [1.807, 2.05) is 24.8 Å². The summed E-state index contributed by atoms with van der Waals surface area (Å²) in [7, 11) is 0. The molecule has 2 heteroatoms.